The molecule has 0 saturated carbocycles. The third-order valence-electron chi connectivity index (χ3n) is 4.97. The molecule has 0 amide bonds. The number of piperidine rings is 1. The average molecular weight is 317 g/mol. The van der Waals surface area contributed by atoms with Crippen LogP contribution in [0.25, 0.3) is 0 Å². The number of benzene rings is 1. The summed E-state index contributed by atoms with van der Waals surface area (Å²) in [6.45, 7) is 5.39. The highest BCUT2D eigenvalue weighted by molar-refractivity contribution is 5.95. The molecule has 0 aliphatic carbocycles. The number of ketones is 1. The van der Waals surface area contributed by atoms with Gasteiger partial charge in [-0.05, 0) is 57.8 Å². The van der Waals surface area contributed by atoms with Crippen LogP contribution in [0.2, 0.25) is 0 Å². The Morgan fingerprint density at radius 1 is 1.22 bits per heavy atom. The SMILES string of the molecule is CC(=O)c1ccc(N2CCC[C@H](N3CCCC3)C2)c([N+](=O)[O-])c1. The van der Waals surface area contributed by atoms with Crippen LogP contribution in [0.3, 0.4) is 0 Å². The van der Waals surface area contributed by atoms with E-state index in [1.165, 1.54) is 25.8 Å². The lowest BCUT2D eigenvalue weighted by atomic mass is 10.0. The standard InChI is InChI=1S/C17H23N3O3/c1-13(21)14-6-7-16(17(11-14)20(22)23)19-10-4-5-15(12-19)18-8-2-3-9-18/h6-7,11,15H,2-5,8-10,12H2,1H3/t15-/m0/s1. The quantitative estimate of drug-likeness (QED) is 0.485. The number of anilines is 1. The lowest BCUT2D eigenvalue weighted by molar-refractivity contribution is -0.384. The Kier molecular flexibility index (Phi) is 4.61. The Labute approximate surface area is 136 Å². The van der Waals surface area contributed by atoms with Crippen LogP contribution in [-0.4, -0.2) is 47.8 Å². The minimum Gasteiger partial charge on any atom is -0.364 e. The molecule has 1 aromatic rings. The summed E-state index contributed by atoms with van der Waals surface area (Å²) >= 11 is 0. The Morgan fingerprint density at radius 3 is 2.61 bits per heavy atom. The molecule has 2 fully saturated rings. The van der Waals surface area contributed by atoms with Gasteiger partial charge in [0.25, 0.3) is 5.69 Å². The van der Waals surface area contributed by atoms with Gasteiger partial charge in [0.1, 0.15) is 5.69 Å². The fourth-order valence-corrected chi connectivity index (χ4v) is 3.73. The van der Waals surface area contributed by atoms with Crippen molar-refractivity contribution in [1.29, 1.82) is 0 Å². The number of rotatable bonds is 4. The maximum absolute atomic E-state index is 11.5. The molecule has 0 bridgehead atoms. The van der Waals surface area contributed by atoms with E-state index >= 15 is 0 Å². The summed E-state index contributed by atoms with van der Waals surface area (Å²) in [5.41, 5.74) is 1.08. The molecule has 0 N–H and O–H groups in total. The van der Waals surface area contributed by atoms with Crippen LogP contribution in [-0.2, 0) is 0 Å². The van der Waals surface area contributed by atoms with Crippen LogP contribution in [0.5, 0.6) is 0 Å². The second-order valence-corrected chi connectivity index (χ2v) is 6.50. The van der Waals surface area contributed by atoms with Gasteiger partial charge in [0, 0.05) is 30.8 Å². The van der Waals surface area contributed by atoms with Crippen molar-refractivity contribution in [1.82, 2.24) is 4.90 Å². The van der Waals surface area contributed by atoms with Crippen molar-refractivity contribution in [2.24, 2.45) is 0 Å². The van der Waals surface area contributed by atoms with E-state index in [9.17, 15) is 14.9 Å². The molecule has 3 rings (SSSR count). The second-order valence-electron chi connectivity index (χ2n) is 6.50. The van der Waals surface area contributed by atoms with E-state index in [1.807, 2.05) is 0 Å². The molecule has 6 heteroatoms. The molecule has 0 spiro atoms. The number of nitrogens with zero attached hydrogens (tertiary/aromatic N) is 3. The smallest absolute Gasteiger partial charge is 0.293 e. The van der Waals surface area contributed by atoms with Crippen molar-refractivity contribution in [3.8, 4) is 0 Å². The molecule has 23 heavy (non-hydrogen) atoms. The first kappa shape index (κ1) is 15.9. The van der Waals surface area contributed by atoms with Crippen molar-refractivity contribution in [2.45, 2.75) is 38.6 Å². The normalized spacial score (nSPS) is 22.3. The second kappa shape index (κ2) is 6.66. The molecule has 2 saturated heterocycles. The summed E-state index contributed by atoms with van der Waals surface area (Å²) in [6.07, 6.45) is 4.72. The number of carbonyl (C=O) groups is 1. The number of carbonyl (C=O) groups excluding carboxylic acids is 1. The number of nitro groups is 1. The maximum atomic E-state index is 11.5. The summed E-state index contributed by atoms with van der Waals surface area (Å²) in [5.74, 6) is -0.145. The maximum Gasteiger partial charge on any atom is 0.293 e. The van der Waals surface area contributed by atoms with Gasteiger partial charge in [-0.3, -0.25) is 19.8 Å². The van der Waals surface area contributed by atoms with E-state index in [2.05, 4.69) is 9.80 Å². The molecule has 1 atom stereocenters. The van der Waals surface area contributed by atoms with Gasteiger partial charge >= 0.3 is 0 Å². The molecule has 2 aliphatic rings. The Morgan fingerprint density at radius 2 is 1.96 bits per heavy atom. The van der Waals surface area contributed by atoms with E-state index in [1.54, 1.807) is 12.1 Å². The molecule has 2 heterocycles. The molecule has 0 unspecified atom stereocenters. The minimum absolute atomic E-state index is 0.0415. The fourth-order valence-electron chi connectivity index (χ4n) is 3.73. The van der Waals surface area contributed by atoms with Crippen molar-refractivity contribution >= 4 is 17.2 Å². The Balaban J connectivity index is 1.84. The number of likely N-dealkylation sites (tertiary alicyclic amines) is 1. The summed E-state index contributed by atoms with van der Waals surface area (Å²) in [6, 6.07) is 5.33. The summed E-state index contributed by atoms with van der Waals surface area (Å²) in [5, 5.41) is 11.4. The zero-order valence-corrected chi connectivity index (χ0v) is 13.5. The molecule has 124 valence electrons. The number of hydrogen-bond acceptors (Lipinski definition) is 5. The summed E-state index contributed by atoms with van der Waals surface area (Å²) in [7, 11) is 0. The van der Waals surface area contributed by atoms with Gasteiger partial charge < -0.3 is 4.90 Å². The average Bonchev–Trinajstić information content (AvgIpc) is 3.09. The minimum atomic E-state index is -0.374. The number of Topliss-reactive ketones (excluding diaryl/α,β-unsaturated/α-hetero) is 1. The monoisotopic (exact) mass is 317 g/mol. The summed E-state index contributed by atoms with van der Waals surface area (Å²) in [4.78, 5) is 27.2. The molecular weight excluding hydrogens is 294 g/mol. The zero-order valence-electron chi connectivity index (χ0n) is 13.5. The van der Waals surface area contributed by atoms with E-state index in [0.29, 0.717) is 17.3 Å². The third kappa shape index (κ3) is 3.37. The zero-order chi connectivity index (χ0) is 16.4. The topological polar surface area (TPSA) is 66.7 Å². The highest BCUT2D eigenvalue weighted by atomic mass is 16.6. The third-order valence-corrected chi connectivity index (χ3v) is 4.97. The molecule has 2 aliphatic heterocycles. The van der Waals surface area contributed by atoms with Crippen LogP contribution in [0.4, 0.5) is 11.4 Å². The van der Waals surface area contributed by atoms with Gasteiger partial charge in [-0.25, -0.2) is 0 Å². The first-order chi connectivity index (χ1) is 11.1. The van der Waals surface area contributed by atoms with Crippen LogP contribution in [0.15, 0.2) is 18.2 Å². The van der Waals surface area contributed by atoms with Gasteiger partial charge in [-0.1, -0.05) is 0 Å². The van der Waals surface area contributed by atoms with Crippen LogP contribution in [0, 0.1) is 10.1 Å². The molecule has 6 nitrogen and oxygen atoms in total. The lowest BCUT2D eigenvalue weighted by Gasteiger charge is -2.38. The van der Waals surface area contributed by atoms with Crippen LogP contribution < -0.4 is 4.90 Å². The van der Waals surface area contributed by atoms with Crippen LogP contribution >= 0.6 is 0 Å². The van der Waals surface area contributed by atoms with Gasteiger partial charge in [0.15, 0.2) is 5.78 Å². The predicted molar refractivity (Wildman–Crippen MR) is 89.1 cm³/mol. The van der Waals surface area contributed by atoms with Crippen molar-refractivity contribution in [3.05, 3.63) is 33.9 Å². The van der Waals surface area contributed by atoms with E-state index in [4.69, 9.17) is 0 Å². The first-order valence-electron chi connectivity index (χ1n) is 8.34. The van der Waals surface area contributed by atoms with E-state index in [0.717, 1.165) is 39.0 Å². The molecule has 0 aromatic heterocycles. The van der Waals surface area contributed by atoms with Crippen LogP contribution in [0.1, 0.15) is 43.0 Å². The van der Waals surface area contributed by atoms with Crippen molar-refractivity contribution < 1.29 is 9.72 Å². The van der Waals surface area contributed by atoms with E-state index < -0.39 is 0 Å². The highest BCUT2D eigenvalue weighted by Gasteiger charge is 2.30. The van der Waals surface area contributed by atoms with Crippen molar-refractivity contribution in [2.75, 3.05) is 31.1 Å². The molecular formula is C17H23N3O3. The number of nitro benzene ring substituents is 1. The van der Waals surface area contributed by atoms with Crippen molar-refractivity contribution in [3.63, 3.8) is 0 Å². The Hall–Kier alpha value is -1.95. The fraction of sp³-hybridized carbons (Fsp3) is 0.588. The predicted octanol–water partition coefficient (Wildman–Crippen LogP) is 2.86. The van der Waals surface area contributed by atoms with E-state index in [-0.39, 0.29) is 16.4 Å². The Bertz CT molecular complexity index is 611. The van der Waals surface area contributed by atoms with Gasteiger partial charge in [-0.15, -0.1) is 0 Å². The first-order valence-corrected chi connectivity index (χ1v) is 8.34. The molecule has 1 aromatic carbocycles. The van der Waals surface area contributed by atoms with Gasteiger partial charge in [-0.2, -0.15) is 0 Å². The molecule has 0 radical (unpaired) electrons. The van der Waals surface area contributed by atoms with Gasteiger partial charge in [0.05, 0.1) is 4.92 Å². The summed E-state index contributed by atoms with van der Waals surface area (Å²) < 4.78 is 0. The largest absolute Gasteiger partial charge is 0.364 e. The number of hydrogen-bond donors (Lipinski definition) is 0. The lowest BCUT2D eigenvalue weighted by Crippen LogP contribution is -2.47. The van der Waals surface area contributed by atoms with Gasteiger partial charge in [0.2, 0.25) is 0 Å². The highest BCUT2D eigenvalue weighted by Crippen LogP contribution is 2.32.